The molecular formula is C15H29Cl2N3O. The van der Waals surface area contributed by atoms with Gasteiger partial charge in [-0.1, -0.05) is 26.0 Å². The molecule has 1 aliphatic carbocycles. The molecule has 0 spiro atoms. The number of rotatable bonds is 9. The normalized spacial score (nSPS) is 16.4. The highest BCUT2D eigenvalue weighted by molar-refractivity contribution is 5.89. The molecular weight excluding hydrogens is 309 g/mol. The quantitative estimate of drug-likeness (QED) is 0.633. The smallest absolute Gasteiger partial charge is 0.240 e. The summed E-state index contributed by atoms with van der Waals surface area (Å²) in [5, 5.41) is 2.99. The number of halogens is 2. The Morgan fingerprint density at radius 1 is 1.29 bits per heavy atom. The van der Waals surface area contributed by atoms with Crippen LogP contribution in [-0.4, -0.2) is 42.0 Å². The lowest BCUT2D eigenvalue weighted by Crippen LogP contribution is -2.51. The number of hydrogen-bond donors (Lipinski definition) is 2. The van der Waals surface area contributed by atoms with Crippen molar-refractivity contribution in [3.8, 4) is 0 Å². The Balaban J connectivity index is 0. The van der Waals surface area contributed by atoms with Gasteiger partial charge in [0, 0.05) is 25.7 Å². The fourth-order valence-corrected chi connectivity index (χ4v) is 2.20. The van der Waals surface area contributed by atoms with Crippen molar-refractivity contribution in [1.29, 1.82) is 0 Å². The summed E-state index contributed by atoms with van der Waals surface area (Å²) in [4.78, 5) is 14.2. The summed E-state index contributed by atoms with van der Waals surface area (Å²) in [5.74, 6) is 0.420. The fourth-order valence-electron chi connectivity index (χ4n) is 2.20. The van der Waals surface area contributed by atoms with Crippen molar-refractivity contribution in [2.45, 2.75) is 38.3 Å². The number of nitrogens with one attached hydrogen (secondary N) is 1. The molecule has 0 aromatic carbocycles. The van der Waals surface area contributed by atoms with E-state index in [1.54, 1.807) is 0 Å². The minimum Gasteiger partial charge on any atom is -0.353 e. The van der Waals surface area contributed by atoms with Gasteiger partial charge in [-0.15, -0.1) is 38.0 Å². The van der Waals surface area contributed by atoms with E-state index in [0.29, 0.717) is 12.5 Å². The maximum atomic E-state index is 11.9. The SMILES string of the molecule is C=CCN(CC=C)C(CNC(=O)C1(N)CC1)C(C)C.Cl.Cl. The first-order valence-corrected chi connectivity index (χ1v) is 6.97. The molecule has 3 N–H and O–H groups in total. The molecule has 124 valence electrons. The second-order valence-electron chi connectivity index (χ2n) is 5.71. The average molecular weight is 338 g/mol. The third-order valence-corrected chi connectivity index (χ3v) is 3.68. The van der Waals surface area contributed by atoms with E-state index < -0.39 is 5.54 Å². The van der Waals surface area contributed by atoms with Gasteiger partial charge in [0.25, 0.3) is 0 Å². The summed E-state index contributed by atoms with van der Waals surface area (Å²) in [6, 6.07) is 0.266. The Morgan fingerprint density at radius 3 is 2.10 bits per heavy atom. The van der Waals surface area contributed by atoms with E-state index in [4.69, 9.17) is 5.73 Å². The predicted molar refractivity (Wildman–Crippen MR) is 94.3 cm³/mol. The predicted octanol–water partition coefficient (Wildman–Crippen LogP) is 2.14. The van der Waals surface area contributed by atoms with Crippen molar-refractivity contribution in [1.82, 2.24) is 10.2 Å². The molecule has 0 aromatic rings. The Kier molecular flexibility index (Phi) is 11.1. The number of amides is 1. The summed E-state index contributed by atoms with van der Waals surface area (Å²) in [5.41, 5.74) is 5.29. The molecule has 4 nitrogen and oxygen atoms in total. The molecule has 0 aromatic heterocycles. The summed E-state index contributed by atoms with van der Waals surface area (Å²) in [7, 11) is 0. The molecule has 1 fully saturated rings. The molecule has 1 atom stereocenters. The van der Waals surface area contributed by atoms with Gasteiger partial charge in [-0.2, -0.15) is 0 Å². The molecule has 1 unspecified atom stereocenters. The fraction of sp³-hybridized carbons (Fsp3) is 0.667. The van der Waals surface area contributed by atoms with Crippen LogP contribution in [-0.2, 0) is 4.79 Å². The molecule has 1 aliphatic rings. The zero-order valence-electron chi connectivity index (χ0n) is 13.0. The molecule has 0 saturated heterocycles. The first-order chi connectivity index (χ1) is 8.94. The Hall–Kier alpha value is -0.550. The van der Waals surface area contributed by atoms with Gasteiger partial charge in [0.15, 0.2) is 0 Å². The largest absolute Gasteiger partial charge is 0.353 e. The monoisotopic (exact) mass is 337 g/mol. The van der Waals surface area contributed by atoms with Crippen molar-refractivity contribution in [2.24, 2.45) is 11.7 Å². The van der Waals surface area contributed by atoms with Crippen LogP contribution in [0.15, 0.2) is 25.3 Å². The van der Waals surface area contributed by atoms with Crippen LogP contribution in [0.25, 0.3) is 0 Å². The van der Waals surface area contributed by atoms with Crippen LogP contribution in [0.2, 0.25) is 0 Å². The van der Waals surface area contributed by atoms with Gasteiger partial charge in [-0.25, -0.2) is 0 Å². The molecule has 0 bridgehead atoms. The van der Waals surface area contributed by atoms with Crippen LogP contribution in [0, 0.1) is 5.92 Å². The number of nitrogens with two attached hydrogens (primary N) is 1. The second kappa shape index (κ2) is 10.2. The van der Waals surface area contributed by atoms with Crippen LogP contribution in [0.5, 0.6) is 0 Å². The zero-order chi connectivity index (χ0) is 14.5. The number of hydrogen-bond acceptors (Lipinski definition) is 3. The topological polar surface area (TPSA) is 58.4 Å². The lowest BCUT2D eigenvalue weighted by atomic mass is 10.0. The van der Waals surface area contributed by atoms with E-state index in [-0.39, 0.29) is 36.8 Å². The van der Waals surface area contributed by atoms with Crippen molar-refractivity contribution >= 4 is 30.7 Å². The van der Waals surface area contributed by atoms with Crippen molar-refractivity contribution < 1.29 is 4.79 Å². The van der Waals surface area contributed by atoms with Gasteiger partial charge in [-0.05, 0) is 18.8 Å². The summed E-state index contributed by atoms with van der Waals surface area (Å²) in [6.45, 7) is 14.1. The van der Waals surface area contributed by atoms with Gasteiger partial charge in [-0.3, -0.25) is 9.69 Å². The van der Waals surface area contributed by atoms with Gasteiger partial charge < -0.3 is 11.1 Å². The van der Waals surface area contributed by atoms with Crippen molar-refractivity contribution in [3.05, 3.63) is 25.3 Å². The summed E-state index contributed by atoms with van der Waals surface area (Å²) >= 11 is 0. The van der Waals surface area contributed by atoms with Gasteiger partial charge in [0.05, 0.1) is 5.54 Å². The summed E-state index contributed by atoms with van der Waals surface area (Å²) in [6.07, 6.45) is 5.36. The highest BCUT2D eigenvalue weighted by atomic mass is 35.5. The van der Waals surface area contributed by atoms with Crippen LogP contribution in [0.4, 0.5) is 0 Å². The van der Waals surface area contributed by atoms with Crippen molar-refractivity contribution in [2.75, 3.05) is 19.6 Å². The van der Waals surface area contributed by atoms with E-state index in [9.17, 15) is 4.79 Å². The second-order valence-corrected chi connectivity index (χ2v) is 5.71. The Labute approximate surface area is 141 Å². The minimum atomic E-state index is -0.594. The van der Waals surface area contributed by atoms with Crippen LogP contribution in [0.3, 0.4) is 0 Å². The molecule has 1 rings (SSSR count). The van der Waals surface area contributed by atoms with Gasteiger partial charge in [0.2, 0.25) is 5.91 Å². The van der Waals surface area contributed by atoms with Crippen LogP contribution >= 0.6 is 24.8 Å². The third-order valence-electron chi connectivity index (χ3n) is 3.68. The van der Waals surface area contributed by atoms with E-state index in [1.165, 1.54) is 0 Å². The molecule has 0 radical (unpaired) electrons. The molecule has 1 amide bonds. The number of carbonyl (C=O) groups is 1. The lowest BCUT2D eigenvalue weighted by Gasteiger charge is -2.33. The first-order valence-electron chi connectivity index (χ1n) is 6.97. The van der Waals surface area contributed by atoms with E-state index in [0.717, 1.165) is 25.9 Å². The summed E-state index contributed by atoms with van der Waals surface area (Å²) < 4.78 is 0. The number of nitrogens with zero attached hydrogens (tertiary/aromatic N) is 1. The average Bonchev–Trinajstić information content (AvgIpc) is 3.09. The van der Waals surface area contributed by atoms with Crippen molar-refractivity contribution in [3.63, 3.8) is 0 Å². The molecule has 6 heteroatoms. The van der Waals surface area contributed by atoms with Gasteiger partial charge >= 0.3 is 0 Å². The highest BCUT2D eigenvalue weighted by Gasteiger charge is 2.45. The molecule has 0 aliphatic heterocycles. The van der Waals surface area contributed by atoms with E-state index >= 15 is 0 Å². The minimum absolute atomic E-state index is 0. The Bertz CT molecular complexity index is 334. The maximum absolute atomic E-state index is 11.9. The van der Waals surface area contributed by atoms with Gasteiger partial charge in [0.1, 0.15) is 0 Å². The van der Waals surface area contributed by atoms with E-state index in [1.807, 2.05) is 12.2 Å². The molecule has 1 saturated carbocycles. The molecule has 0 heterocycles. The lowest BCUT2D eigenvalue weighted by molar-refractivity contribution is -0.123. The van der Waals surface area contributed by atoms with Crippen LogP contribution in [0.1, 0.15) is 26.7 Å². The Morgan fingerprint density at radius 2 is 1.76 bits per heavy atom. The number of carbonyl (C=O) groups excluding carboxylic acids is 1. The standard InChI is InChI=1S/C15H27N3O.2ClH/c1-5-9-18(10-6-2)13(12(3)4)11-17-14(19)15(16)7-8-15;;/h5-6,12-13H,1-2,7-11,16H2,3-4H3,(H,17,19);2*1H. The maximum Gasteiger partial charge on any atom is 0.240 e. The first kappa shape index (κ1) is 22.7. The van der Waals surface area contributed by atoms with E-state index in [2.05, 4.69) is 37.2 Å². The molecule has 21 heavy (non-hydrogen) atoms. The third kappa shape index (κ3) is 6.83. The van der Waals surface area contributed by atoms with Crippen LogP contribution < -0.4 is 11.1 Å². The highest BCUT2D eigenvalue weighted by Crippen LogP contribution is 2.32. The zero-order valence-corrected chi connectivity index (χ0v) is 14.6.